The summed E-state index contributed by atoms with van der Waals surface area (Å²) >= 11 is 12.1. The van der Waals surface area contributed by atoms with Gasteiger partial charge in [0.2, 0.25) is 0 Å². The van der Waals surface area contributed by atoms with Gasteiger partial charge >= 0.3 is 0 Å². The van der Waals surface area contributed by atoms with Gasteiger partial charge in [0.1, 0.15) is 11.3 Å². The fourth-order valence-corrected chi connectivity index (χ4v) is 2.82. The normalized spacial score (nSPS) is 11.0. The van der Waals surface area contributed by atoms with Gasteiger partial charge in [-0.25, -0.2) is 4.98 Å². The van der Waals surface area contributed by atoms with E-state index in [1.165, 1.54) is 0 Å². The second-order valence-electron chi connectivity index (χ2n) is 5.25. The predicted molar refractivity (Wildman–Crippen MR) is 93.7 cm³/mol. The Labute approximate surface area is 144 Å². The van der Waals surface area contributed by atoms with Gasteiger partial charge in [0.05, 0.1) is 21.4 Å². The summed E-state index contributed by atoms with van der Waals surface area (Å²) in [5.41, 5.74) is 3.53. The largest absolute Gasteiger partial charge is 0.319 e. The van der Waals surface area contributed by atoms with E-state index in [-0.39, 0.29) is 5.91 Å². The molecule has 118 valence electrons. The van der Waals surface area contributed by atoms with Gasteiger partial charge in [0.25, 0.3) is 5.91 Å². The number of hydrogen-bond acceptors (Lipinski definition) is 2. The minimum absolute atomic E-state index is 0.260. The van der Waals surface area contributed by atoms with Gasteiger partial charge < -0.3 is 5.32 Å². The van der Waals surface area contributed by atoms with Crippen molar-refractivity contribution >= 4 is 40.4 Å². The van der Waals surface area contributed by atoms with Crippen LogP contribution < -0.4 is 5.32 Å². The average Bonchev–Trinajstić information content (AvgIpc) is 2.89. The lowest BCUT2D eigenvalue weighted by molar-refractivity contribution is 0.102. The maximum absolute atomic E-state index is 12.8. The van der Waals surface area contributed by atoms with Gasteiger partial charge in [0, 0.05) is 6.20 Å². The molecule has 0 saturated heterocycles. The first-order valence-corrected chi connectivity index (χ1v) is 7.99. The number of halogens is 2. The molecular formula is C17H15Cl2N3O. The number of nitrogens with zero attached hydrogens (tertiary/aromatic N) is 2. The number of carbonyl (C=O) groups is 1. The molecule has 1 N–H and O–H groups in total. The van der Waals surface area contributed by atoms with Gasteiger partial charge in [-0.1, -0.05) is 42.3 Å². The number of aryl methyl sites for hydroxylation is 2. The predicted octanol–water partition coefficient (Wildman–Crippen LogP) is 4.76. The van der Waals surface area contributed by atoms with E-state index in [4.69, 9.17) is 23.2 Å². The fourth-order valence-electron chi connectivity index (χ4n) is 2.47. The topological polar surface area (TPSA) is 46.4 Å². The number of nitrogens with one attached hydrogen (secondary N) is 1. The summed E-state index contributed by atoms with van der Waals surface area (Å²) in [6.45, 7) is 3.94. The molecule has 0 fully saturated rings. The molecule has 1 amide bonds. The second kappa shape index (κ2) is 6.22. The van der Waals surface area contributed by atoms with E-state index in [2.05, 4.69) is 10.3 Å². The highest BCUT2D eigenvalue weighted by atomic mass is 35.5. The van der Waals surface area contributed by atoms with Crippen LogP contribution in [0.25, 0.3) is 5.65 Å². The molecule has 2 aromatic heterocycles. The van der Waals surface area contributed by atoms with Crippen LogP contribution in [-0.4, -0.2) is 15.3 Å². The van der Waals surface area contributed by atoms with E-state index in [9.17, 15) is 4.79 Å². The minimum Gasteiger partial charge on any atom is -0.319 e. The lowest BCUT2D eigenvalue weighted by atomic mass is 10.2. The lowest BCUT2D eigenvalue weighted by Crippen LogP contribution is -2.16. The first-order valence-electron chi connectivity index (χ1n) is 7.24. The Morgan fingerprint density at radius 1 is 1.26 bits per heavy atom. The van der Waals surface area contributed by atoms with Crippen molar-refractivity contribution in [2.75, 3.05) is 5.32 Å². The standard InChI is InChI=1S/C17H15Cl2N3O/c1-3-12-16(22-9-10(2)7-8-14(22)20-12)17(23)21-13-6-4-5-11(18)15(13)19/h4-9H,3H2,1-2H3,(H,21,23). The Balaban J connectivity index is 2.06. The summed E-state index contributed by atoms with van der Waals surface area (Å²) < 4.78 is 1.81. The number of fused-ring (bicyclic) bond motifs is 1. The van der Waals surface area contributed by atoms with E-state index in [1.54, 1.807) is 18.2 Å². The van der Waals surface area contributed by atoms with Crippen molar-refractivity contribution in [3.05, 3.63) is 63.5 Å². The van der Waals surface area contributed by atoms with Crippen LogP contribution in [0.1, 0.15) is 28.7 Å². The highest BCUT2D eigenvalue weighted by Crippen LogP contribution is 2.30. The Bertz CT molecular complexity index is 902. The zero-order valence-electron chi connectivity index (χ0n) is 12.7. The molecule has 2 heterocycles. The summed E-state index contributed by atoms with van der Waals surface area (Å²) in [6, 6.07) is 9.00. The third-order valence-corrected chi connectivity index (χ3v) is 4.41. The number of hydrogen-bond donors (Lipinski definition) is 1. The summed E-state index contributed by atoms with van der Waals surface area (Å²) in [4.78, 5) is 17.3. The van der Waals surface area contributed by atoms with E-state index in [0.29, 0.717) is 27.8 Å². The third-order valence-electron chi connectivity index (χ3n) is 3.59. The molecule has 0 aliphatic heterocycles. The van der Waals surface area contributed by atoms with Crippen LogP contribution in [0.5, 0.6) is 0 Å². The highest BCUT2D eigenvalue weighted by molar-refractivity contribution is 6.44. The Kier molecular flexibility index (Phi) is 4.28. The van der Waals surface area contributed by atoms with Gasteiger partial charge in [-0.3, -0.25) is 9.20 Å². The quantitative estimate of drug-likeness (QED) is 0.741. The van der Waals surface area contributed by atoms with Crippen LogP contribution in [0.3, 0.4) is 0 Å². The Morgan fingerprint density at radius 3 is 2.78 bits per heavy atom. The van der Waals surface area contributed by atoms with Crippen LogP contribution in [0.2, 0.25) is 10.0 Å². The average molecular weight is 348 g/mol. The molecule has 0 atom stereocenters. The smallest absolute Gasteiger partial charge is 0.274 e. The van der Waals surface area contributed by atoms with Crippen LogP contribution >= 0.6 is 23.2 Å². The fraction of sp³-hybridized carbons (Fsp3) is 0.176. The molecule has 0 aliphatic rings. The third kappa shape index (κ3) is 2.92. The summed E-state index contributed by atoms with van der Waals surface area (Å²) in [5.74, 6) is -0.260. The zero-order chi connectivity index (χ0) is 16.6. The number of carbonyl (C=O) groups excluding carboxylic acids is 1. The van der Waals surface area contributed by atoms with E-state index in [0.717, 1.165) is 16.9 Å². The molecular weight excluding hydrogens is 333 g/mol. The maximum Gasteiger partial charge on any atom is 0.274 e. The molecule has 6 heteroatoms. The van der Waals surface area contributed by atoms with Crippen LogP contribution in [0.15, 0.2) is 36.5 Å². The molecule has 0 spiro atoms. The number of aromatic nitrogens is 2. The van der Waals surface area contributed by atoms with Crippen LogP contribution in [-0.2, 0) is 6.42 Å². The Morgan fingerprint density at radius 2 is 2.04 bits per heavy atom. The van der Waals surface area contributed by atoms with E-state index < -0.39 is 0 Å². The van der Waals surface area contributed by atoms with Gasteiger partial charge in [-0.05, 0) is 37.1 Å². The van der Waals surface area contributed by atoms with Crippen LogP contribution in [0.4, 0.5) is 5.69 Å². The number of rotatable bonds is 3. The van der Waals surface area contributed by atoms with Crippen molar-refractivity contribution < 1.29 is 4.79 Å². The first-order chi connectivity index (χ1) is 11.0. The number of pyridine rings is 1. The molecule has 1 aromatic carbocycles. The molecule has 0 bridgehead atoms. The highest BCUT2D eigenvalue weighted by Gasteiger charge is 2.19. The molecule has 3 aromatic rings. The molecule has 0 aliphatic carbocycles. The van der Waals surface area contributed by atoms with Crippen molar-refractivity contribution in [3.8, 4) is 0 Å². The molecule has 23 heavy (non-hydrogen) atoms. The van der Waals surface area contributed by atoms with Gasteiger partial charge in [-0.15, -0.1) is 0 Å². The summed E-state index contributed by atoms with van der Waals surface area (Å²) in [6.07, 6.45) is 2.56. The van der Waals surface area contributed by atoms with Crippen molar-refractivity contribution in [1.82, 2.24) is 9.38 Å². The Hall–Kier alpha value is -2.04. The molecule has 3 rings (SSSR count). The molecule has 0 saturated carbocycles. The molecule has 0 radical (unpaired) electrons. The number of amides is 1. The number of imidazole rings is 1. The number of anilines is 1. The van der Waals surface area contributed by atoms with Crippen molar-refractivity contribution in [3.63, 3.8) is 0 Å². The zero-order valence-corrected chi connectivity index (χ0v) is 14.2. The summed E-state index contributed by atoms with van der Waals surface area (Å²) in [7, 11) is 0. The van der Waals surface area contributed by atoms with Crippen LogP contribution in [0, 0.1) is 6.92 Å². The van der Waals surface area contributed by atoms with Crippen molar-refractivity contribution in [2.24, 2.45) is 0 Å². The summed E-state index contributed by atoms with van der Waals surface area (Å²) in [5, 5.41) is 3.55. The van der Waals surface area contributed by atoms with Crippen molar-refractivity contribution in [1.29, 1.82) is 0 Å². The lowest BCUT2D eigenvalue weighted by Gasteiger charge is -2.09. The molecule has 0 unspecified atom stereocenters. The SMILES string of the molecule is CCc1nc2ccc(C)cn2c1C(=O)Nc1cccc(Cl)c1Cl. The van der Waals surface area contributed by atoms with E-state index >= 15 is 0 Å². The second-order valence-corrected chi connectivity index (χ2v) is 6.04. The first kappa shape index (κ1) is 15.8. The maximum atomic E-state index is 12.8. The van der Waals surface area contributed by atoms with Gasteiger partial charge in [-0.2, -0.15) is 0 Å². The van der Waals surface area contributed by atoms with Gasteiger partial charge in [0.15, 0.2) is 0 Å². The minimum atomic E-state index is -0.260. The number of benzene rings is 1. The van der Waals surface area contributed by atoms with Crippen molar-refractivity contribution in [2.45, 2.75) is 20.3 Å². The monoisotopic (exact) mass is 347 g/mol. The van der Waals surface area contributed by atoms with E-state index in [1.807, 2.05) is 36.6 Å². The molecule has 4 nitrogen and oxygen atoms in total.